The number of nitrogens with zero attached hydrogens (tertiary/aromatic N) is 2. The van der Waals surface area contributed by atoms with Crippen molar-refractivity contribution in [3.63, 3.8) is 0 Å². The van der Waals surface area contributed by atoms with Gasteiger partial charge in [-0.2, -0.15) is 13.2 Å². The van der Waals surface area contributed by atoms with E-state index in [1.54, 1.807) is 7.05 Å². The third-order valence-electron chi connectivity index (χ3n) is 8.74. The van der Waals surface area contributed by atoms with E-state index >= 15 is 0 Å². The predicted molar refractivity (Wildman–Crippen MR) is 173 cm³/mol. The number of unbranched alkanes of at least 4 members (excludes halogenated alkanes) is 1. The molecule has 7 nitrogen and oxygen atoms in total. The molecule has 0 saturated carbocycles. The van der Waals surface area contributed by atoms with Crippen molar-refractivity contribution in [3.05, 3.63) is 111 Å². The molecule has 0 radical (unpaired) electrons. The van der Waals surface area contributed by atoms with Crippen LogP contribution < -0.4 is 10.4 Å². The van der Waals surface area contributed by atoms with Gasteiger partial charge in [-0.3, -0.25) is 9.69 Å². The van der Waals surface area contributed by atoms with Gasteiger partial charge in [-0.25, -0.2) is 9.59 Å². The molecule has 3 aromatic carbocycles. The van der Waals surface area contributed by atoms with Gasteiger partial charge in [0.05, 0.1) is 12.2 Å². The lowest BCUT2D eigenvalue weighted by molar-refractivity contribution is -0.136. The number of ether oxygens (including phenoxy) is 1. The fraction of sp³-hybridized carbons (Fsp3) is 0.378. The number of hydrogen-bond acceptors (Lipinski definition) is 5. The number of halogens is 3. The number of rotatable bonds is 12. The number of likely N-dealkylation sites (N-methyl/N-ethyl adjacent to an activating group) is 1. The average Bonchev–Trinajstić information content (AvgIpc) is 3.23. The normalized spacial score (nSPS) is 16.8. The molecule has 0 bridgehead atoms. The van der Waals surface area contributed by atoms with E-state index in [-0.39, 0.29) is 30.0 Å². The van der Waals surface area contributed by atoms with E-state index in [0.717, 1.165) is 5.56 Å². The number of urea groups is 1. The third kappa shape index (κ3) is 6.25. The van der Waals surface area contributed by atoms with Gasteiger partial charge < -0.3 is 14.1 Å². The number of carbonyl (C=O) groups excluding carboxylic acids is 2. The molecule has 0 N–H and O–H groups in total. The summed E-state index contributed by atoms with van der Waals surface area (Å²) in [6, 6.07) is 18.4. The number of benzene rings is 3. The van der Waals surface area contributed by atoms with Crippen LogP contribution in [0, 0.1) is 6.92 Å². The van der Waals surface area contributed by atoms with Crippen LogP contribution in [0.5, 0.6) is 5.75 Å². The molecule has 1 fully saturated rings. The van der Waals surface area contributed by atoms with Gasteiger partial charge in [0.15, 0.2) is 5.54 Å². The molecular weight excluding hydrogens is 609 g/mol. The first-order chi connectivity index (χ1) is 22.4. The number of fused-ring (bicyclic) bond motifs is 1. The second-order valence-corrected chi connectivity index (χ2v) is 12.0. The highest BCUT2D eigenvalue weighted by molar-refractivity contribution is 6.09. The monoisotopic (exact) mass is 648 g/mol. The summed E-state index contributed by atoms with van der Waals surface area (Å²) in [5.74, 6) is 0.0978. The van der Waals surface area contributed by atoms with Gasteiger partial charge in [-0.15, -0.1) is 0 Å². The van der Waals surface area contributed by atoms with E-state index < -0.39 is 28.9 Å². The Morgan fingerprint density at radius 2 is 1.53 bits per heavy atom. The summed E-state index contributed by atoms with van der Waals surface area (Å²) in [5, 5.41) is -0.151. The Hall–Kier alpha value is -4.60. The maximum absolute atomic E-state index is 14.2. The molecule has 2 heterocycles. The fourth-order valence-corrected chi connectivity index (χ4v) is 6.52. The zero-order chi connectivity index (χ0) is 33.9. The molecule has 1 aliphatic rings. The first-order valence-corrected chi connectivity index (χ1v) is 16.0. The number of imide groups is 1. The van der Waals surface area contributed by atoms with Crippen molar-refractivity contribution in [2.45, 2.75) is 71.0 Å². The average molecular weight is 649 g/mol. The minimum absolute atomic E-state index is 0.105. The van der Waals surface area contributed by atoms with E-state index in [2.05, 4.69) is 0 Å². The Labute approximate surface area is 271 Å². The number of aryl methyl sites for hydroxylation is 3. The van der Waals surface area contributed by atoms with Crippen molar-refractivity contribution in [1.29, 1.82) is 0 Å². The molecule has 0 aliphatic carbocycles. The molecule has 0 spiro atoms. The summed E-state index contributed by atoms with van der Waals surface area (Å²) in [5.41, 5.74) is -0.0297. The summed E-state index contributed by atoms with van der Waals surface area (Å²) in [7, 11) is 1.64. The predicted octanol–water partition coefficient (Wildman–Crippen LogP) is 8.02. The van der Waals surface area contributed by atoms with Crippen molar-refractivity contribution >= 4 is 22.9 Å². The molecule has 4 aromatic rings. The number of amides is 3. The van der Waals surface area contributed by atoms with Gasteiger partial charge in [-0.05, 0) is 55.4 Å². The summed E-state index contributed by atoms with van der Waals surface area (Å²) in [6.07, 6.45) is -1.72. The largest absolute Gasteiger partial charge is 0.493 e. The van der Waals surface area contributed by atoms with Crippen LogP contribution in [0.15, 0.2) is 75.9 Å². The van der Waals surface area contributed by atoms with Gasteiger partial charge in [0, 0.05) is 30.6 Å². The van der Waals surface area contributed by atoms with Crippen LogP contribution in [0.3, 0.4) is 0 Å². The molecule has 3 amide bonds. The maximum atomic E-state index is 14.2. The zero-order valence-electron chi connectivity index (χ0n) is 27.1. The Bertz CT molecular complexity index is 1820. The topological polar surface area (TPSA) is 80.1 Å². The van der Waals surface area contributed by atoms with Gasteiger partial charge in [-0.1, -0.05) is 86.8 Å². The minimum atomic E-state index is -4.72. The van der Waals surface area contributed by atoms with Crippen molar-refractivity contribution in [3.8, 4) is 5.75 Å². The lowest BCUT2D eigenvalue weighted by Gasteiger charge is -2.34. The van der Waals surface area contributed by atoms with E-state index in [9.17, 15) is 27.6 Å². The van der Waals surface area contributed by atoms with Crippen molar-refractivity contribution in [1.82, 2.24) is 9.80 Å². The van der Waals surface area contributed by atoms with E-state index in [0.29, 0.717) is 72.6 Å². The van der Waals surface area contributed by atoms with Crippen molar-refractivity contribution in [2.24, 2.45) is 0 Å². The van der Waals surface area contributed by atoms with Crippen LogP contribution in [0.25, 0.3) is 11.0 Å². The van der Waals surface area contributed by atoms with E-state index in [4.69, 9.17) is 9.15 Å². The standard InChI is InChI=1S/C37H39F3N2O5/c1-5-12-25-22-29-30(37(38,39)40)23-31(43)47-33(29)28(13-6-2)32(25)46-21-11-10-20-42-34(44)36(41(4)35(42)45,26-14-8-7-9-15-26)27-18-16-24(3)17-19-27/h7-9,14-19,22-23H,5-6,10-13,20-21H2,1-4H3. The number of carbonyl (C=O) groups is 2. The molecule has 10 heteroatoms. The van der Waals surface area contributed by atoms with Crippen LogP contribution in [-0.4, -0.2) is 41.9 Å². The Morgan fingerprint density at radius 1 is 0.872 bits per heavy atom. The van der Waals surface area contributed by atoms with E-state index in [1.165, 1.54) is 15.9 Å². The molecule has 248 valence electrons. The highest BCUT2D eigenvalue weighted by atomic mass is 19.4. The molecule has 5 rings (SSSR count). The maximum Gasteiger partial charge on any atom is 0.417 e. The lowest BCUT2D eigenvalue weighted by atomic mass is 9.81. The van der Waals surface area contributed by atoms with Crippen LogP contribution >= 0.6 is 0 Å². The summed E-state index contributed by atoms with van der Waals surface area (Å²) in [4.78, 5) is 42.8. The van der Waals surface area contributed by atoms with Crippen LogP contribution in [-0.2, 0) is 29.4 Å². The lowest BCUT2D eigenvalue weighted by Crippen LogP contribution is -2.46. The molecule has 1 unspecified atom stereocenters. The molecule has 1 saturated heterocycles. The SMILES string of the molecule is CCCc1cc2c(C(F)(F)F)cc(=O)oc2c(CCC)c1OCCCCN1C(=O)N(C)C(c2ccccc2)(c2ccc(C)cc2)C1=O. The second kappa shape index (κ2) is 13.6. The summed E-state index contributed by atoms with van der Waals surface area (Å²) < 4.78 is 53.4. The zero-order valence-corrected chi connectivity index (χ0v) is 27.1. The second-order valence-electron chi connectivity index (χ2n) is 12.0. The Kier molecular flexibility index (Phi) is 9.79. The molecule has 47 heavy (non-hydrogen) atoms. The van der Waals surface area contributed by atoms with Gasteiger partial charge >= 0.3 is 17.8 Å². The van der Waals surface area contributed by atoms with Crippen LogP contribution in [0.4, 0.5) is 18.0 Å². The van der Waals surface area contributed by atoms with E-state index in [1.807, 2.05) is 75.4 Å². The third-order valence-corrected chi connectivity index (χ3v) is 8.74. The fourth-order valence-electron chi connectivity index (χ4n) is 6.52. The smallest absolute Gasteiger partial charge is 0.417 e. The molecule has 1 atom stereocenters. The first kappa shape index (κ1) is 33.8. The Morgan fingerprint density at radius 3 is 2.17 bits per heavy atom. The summed E-state index contributed by atoms with van der Waals surface area (Å²) in [6.45, 7) is 6.13. The molecule has 1 aromatic heterocycles. The number of hydrogen-bond donors (Lipinski definition) is 0. The summed E-state index contributed by atoms with van der Waals surface area (Å²) >= 11 is 0. The quantitative estimate of drug-likeness (QED) is 0.0883. The van der Waals surface area contributed by atoms with Crippen LogP contribution in [0.2, 0.25) is 0 Å². The highest BCUT2D eigenvalue weighted by Gasteiger charge is 2.57. The van der Waals surface area contributed by atoms with Crippen molar-refractivity contribution < 1.29 is 31.9 Å². The Balaban J connectivity index is 1.38. The highest BCUT2D eigenvalue weighted by Crippen LogP contribution is 2.43. The van der Waals surface area contributed by atoms with Crippen LogP contribution in [0.1, 0.15) is 72.9 Å². The van der Waals surface area contributed by atoms with Crippen molar-refractivity contribution in [2.75, 3.05) is 20.2 Å². The van der Waals surface area contributed by atoms with Gasteiger partial charge in [0.1, 0.15) is 11.3 Å². The van der Waals surface area contributed by atoms with Gasteiger partial charge in [0.2, 0.25) is 0 Å². The molecule has 1 aliphatic heterocycles. The molecular formula is C37H39F3N2O5. The van der Waals surface area contributed by atoms with Gasteiger partial charge in [0.25, 0.3) is 5.91 Å². The first-order valence-electron chi connectivity index (χ1n) is 16.0. The minimum Gasteiger partial charge on any atom is -0.493 e. The number of alkyl halides is 3.